The Bertz CT molecular complexity index is 1220. The lowest BCUT2D eigenvalue weighted by atomic mass is 9.93. The molecule has 8 nitrogen and oxygen atoms in total. The summed E-state index contributed by atoms with van der Waals surface area (Å²) in [6.45, 7) is 5.76. The number of nitro groups is 1. The average Bonchev–Trinajstić information content (AvgIpc) is 3.05. The second kappa shape index (κ2) is 7.90. The third-order valence-corrected chi connectivity index (χ3v) is 5.91. The van der Waals surface area contributed by atoms with Gasteiger partial charge in [-0.25, -0.2) is 0 Å². The summed E-state index contributed by atoms with van der Waals surface area (Å²) in [6.07, 6.45) is 0. The van der Waals surface area contributed by atoms with Gasteiger partial charge in [-0.05, 0) is 36.4 Å². The molecule has 3 aromatic rings. The van der Waals surface area contributed by atoms with Gasteiger partial charge in [0.25, 0.3) is 5.69 Å². The van der Waals surface area contributed by atoms with Crippen molar-refractivity contribution in [2.24, 2.45) is 0 Å². The molecule has 0 unspecified atom stereocenters. The fourth-order valence-electron chi connectivity index (χ4n) is 2.51. The number of rotatable bonds is 5. The summed E-state index contributed by atoms with van der Waals surface area (Å²) in [5.41, 5.74) is 0.188. The van der Waals surface area contributed by atoms with Crippen molar-refractivity contribution in [2.75, 3.05) is 0 Å². The maximum absolute atomic E-state index is 12.8. The van der Waals surface area contributed by atoms with Crippen LogP contribution in [0.1, 0.15) is 26.5 Å². The minimum absolute atomic E-state index is 0.0696. The number of nitrogens with zero attached hydrogens (tertiary/aromatic N) is 3. The van der Waals surface area contributed by atoms with Gasteiger partial charge in [0.05, 0.1) is 16.3 Å². The van der Waals surface area contributed by atoms with Gasteiger partial charge in [-0.3, -0.25) is 10.1 Å². The molecule has 30 heavy (non-hydrogen) atoms. The molecule has 158 valence electrons. The predicted molar refractivity (Wildman–Crippen MR) is 113 cm³/mol. The molecule has 2 aromatic carbocycles. The van der Waals surface area contributed by atoms with Gasteiger partial charge in [0.1, 0.15) is 9.92 Å². The van der Waals surface area contributed by atoms with Crippen molar-refractivity contribution >= 4 is 39.0 Å². The second-order valence-electron chi connectivity index (χ2n) is 7.41. The van der Waals surface area contributed by atoms with Gasteiger partial charge in [0, 0.05) is 22.6 Å². The highest BCUT2D eigenvalue weighted by Gasteiger charge is 2.27. The number of hydrogen-bond acceptors (Lipinski definition) is 6. The molecule has 0 amide bonds. The molecule has 0 saturated heterocycles. The topological polar surface area (TPSA) is 104 Å². The lowest BCUT2D eigenvalue weighted by Gasteiger charge is -2.13. The Morgan fingerprint density at radius 3 is 2.27 bits per heavy atom. The van der Waals surface area contributed by atoms with Crippen molar-refractivity contribution in [3.05, 3.63) is 74.4 Å². The number of halogens is 2. The molecule has 0 saturated carbocycles. The highest BCUT2D eigenvalue weighted by molar-refractivity contribution is 7.87. The minimum atomic E-state index is -4.41. The van der Waals surface area contributed by atoms with Gasteiger partial charge < -0.3 is 4.18 Å². The van der Waals surface area contributed by atoms with Crippen LogP contribution in [0.3, 0.4) is 0 Å². The van der Waals surface area contributed by atoms with E-state index in [1.807, 2.05) is 20.8 Å². The van der Waals surface area contributed by atoms with Crippen molar-refractivity contribution in [3.8, 4) is 11.6 Å². The number of nitro benzene ring substituents is 1. The molecule has 0 fully saturated rings. The summed E-state index contributed by atoms with van der Waals surface area (Å²) in [4.78, 5) is 9.93. The molecule has 0 atom stereocenters. The molecule has 0 aliphatic rings. The van der Waals surface area contributed by atoms with Gasteiger partial charge >= 0.3 is 10.1 Å². The molecule has 1 heterocycles. The van der Waals surface area contributed by atoms with Crippen molar-refractivity contribution in [3.63, 3.8) is 0 Å². The molecule has 0 aliphatic heterocycles. The third kappa shape index (κ3) is 4.58. The van der Waals surface area contributed by atoms with Crippen LogP contribution in [0.4, 0.5) is 5.69 Å². The van der Waals surface area contributed by atoms with E-state index in [1.54, 1.807) is 24.3 Å². The largest absolute Gasteiger partial charge is 0.358 e. The number of aromatic nitrogens is 2. The van der Waals surface area contributed by atoms with E-state index in [-0.39, 0.29) is 10.9 Å². The Morgan fingerprint density at radius 2 is 1.70 bits per heavy atom. The van der Waals surface area contributed by atoms with Crippen LogP contribution in [0.25, 0.3) is 5.69 Å². The van der Waals surface area contributed by atoms with Crippen molar-refractivity contribution in [1.29, 1.82) is 0 Å². The maximum Gasteiger partial charge on any atom is 0.340 e. The standard InChI is InChI=1S/C19H17Cl2N3O5S/c1-19(2,3)17-11-18(23(22-17)13-6-4-12(20)5-7-13)29-30(27,28)14-8-9-15(21)16(10-14)24(25)26/h4-11H,1-3H3. The van der Waals surface area contributed by atoms with E-state index >= 15 is 0 Å². The molecule has 3 rings (SSSR count). The summed E-state index contributed by atoms with van der Waals surface area (Å²) in [5, 5.41) is 15.9. The predicted octanol–water partition coefficient (Wildman–Crippen LogP) is 5.15. The highest BCUT2D eigenvalue weighted by atomic mass is 35.5. The summed E-state index contributed by atoms with van der Waals surface area (Å²) in [5.74, 6) is -0.0696. The zero-order valence-corrected chi connectivity index (χ0v) is 18.5. The zero-order chi connectivity index (χ0) is 22.3. The first-order valence-electron chi connectivity index (χ1n) is 8.63. The summed E-state index contributed by atoms with van der Waals surface area (Å²) < 4.78 is 32.3. The summed E-state index contributed by atoms with van der Waals surface area (Å²) >= 11 is 11.7. The third-order valence-electron chi connectivity index (χ3n) is 4.11. The molecule has 0 bridgehead atoms. The van der Waals surface area contributed by atoms with Crippen LogP contribution in [0.15, 0.2) is 53.4 Å². The first-order valence-corrected chi connectivity index (χ1v) is 10.8. The first kappa shape index (κ1) is 22.1. The maximum atomic E-state index is 12.8. The Kier molecular flexibility index (Phi) is 5.81. The Balaban J connectivity index is 2.09. The van der Waals surface area contributed by atoms with Crippen molar-refractivity contribution in [1.82, 2.24) is 9.78 Å². The Hall–Kier alpha value is -2.62. The van der Waals surface area contributed by atoms with Crippen molar-refractivity contribution < 1.29 is 17.5 Å². The van der Waals surface area contributed by atoms with Crippen LogP contribution in [0, 0.1) is 10.1 Å². The number of benzene rings is 2. The van der Waals surface area contributed by atoms with E-state index in [0.717, 1.165) is 18.2 Å². The van der Waals surface area contributed by atoms with Crippen LogP contribution in [0.5, 0.6) is 5.88 Å². The molecular formula is C19H17Cl2N3O5S. The van der Waals surface area contributed by atoms with E-state index in [1.165, 1.54) is 10.7 Å². The normalized spacial score (nSPS) is 12.0. The van der Waals surface area contributed by atoms with Crippen LogP contribution < -0.4 is 4.18 Å². The molecule has 0 aliphatic carbocycles. The smallest absolute Gasteiger partial charge is 0.340 e. The van der Waals surface area contributed by atoms with E-state index in [4.69, 9.17) is 27.4 Å². The lowest BCUT2D eigenvalue weighted by Crippen LogP contribution is -2.13. The molecule has 0 spiro atoms. The Labute approximate surface area is 183 Å². The molecule has 1 aromatic heterocycles. The van der Waals surface area contributed by atoms with Gasteiger partial charge in [-0.1, -0.05) is 44.0 Å². The van der Waals surface area contributed by atoms with Crippen LogP contribution >= 0.6 is 23.2 Å². The van der Waals surface area contributed by atoms with Gasteiger partial charge in [0.2, 0.25) is 5.88 Å². The van der Waals surface area contributed by atoms with Gasteiger partial charge in [0.15, 0.2) is 0 Å². The summed E-state index contributed by atoms with van der Waals surface area (Å²) in [6, 6.07) is 11.2. The monoisotopic (exact) mass is 469 g/mol. The molecule has 0 radical (unpaired) electrons. The van der Waals surface area contributed by atoms with E-state index in [9.17, 15) is 18.5 Å². The Morgan fingerprint density at radius 1 is 1.07 bits per heavy atom. The van der Waals surface area contributed by atoms with Crippen molar-refractivity contribution in [2.45, 2.75) is 31.1 Å². The summed E-state index contributed by atoms with van der Waals surface area (Å²) in [7, 11) is -4.41. The van der Waals surface area contributed by atoms with Gasteiger partial charge in [-0.15, -0.1) is 0 Å². The second-order valence-corrected chi connectivity index (χ2v) is 9.80. The van der Waals surface area contributed by atoms with Crippen LogP contribution in [-0.2, 0) is 15.5 Å². The number of hydrogen-bond donors (Lipinski definition) is 0. The highest BCUT2D eigenvalue weighted by Crippen LogP contribution is 2.32. The van der Waals surface area contributed by atoms with E-state index in [0.29, 0.717) is 16.4 Å². The molecular weight excluding hydrogens is 453 g/mol. The average molecular weight is 470 g/mol. The zero-order valence-electron chi connectivity index (χ0n) is 16.2. The fourth-order valence-corrected chi connectivity index (χ4v) is 3.75. The SMILES string of the molecule is CC(C)(C)c1cc(OS(=O)(=O)c2ccc(Cl)c([N+](=O)[O-])c2)n(-c2ccc(Cl)cc2)n1. The fraction of sp³-hybridized carbons (Fsp3) is 0.211. The van der Waals surface area contributed by atoms with Crippen LogP contribution in [-0.4, -0.2) is 23.1 Å². The van der Waals surface area contributed by atoms with E-state index < -0.39 is 31.0 Å². The quantitative estimate of drug-likeness (QED) is 0.290. The molecule has 0 N–H and O–H groups in total. The van der Waals surface area contributed by atoms with E-state index in [2.05, 4.69) is 5.10 Å². The van der Waals surface area contributed by atoms with Crippen LogP contribution in [0.2, 0.25) is 10.0 Å². The van der Waals surface area contributed by atoms with Gasteiger partial charge in [-0.2, -0.15) is 18.2 Å². The minimum Gasteiger partial charge on any atom is -0.358 e. The first-order chi connectivity index (χ1) is 13.9. The lowest BCUT2D eigenvalue weighted by molar-refractivity contribution is -0.384. The molecule has 11 heteroatoms.